The SMILES string of the molecule is CN(C)CCN(C)Cc1nc2ccc(N)cc2[nH]1. The second-order valence-corrected chi connectivity index (χ2v) is 5.00. The first-order chi connectivity index (χ1) is 8.54. The first-order valence-electron chi connectivity index (χ1n) is 6.12. The molecule has 0 bridgehead atoms. The molecule has 0 saturated carbocycles. The molecular formula is C13H21N5. The summed E-state index contributed by atoms with van der Waals surface area (Å²) < 4.78 is 0. The van der Waals surface area contributed by atoms with Gasteiger partial charge in [0.15, 0.2) is 0 Å². The Bertz CT molecular complexity index is 517. The predicted octanol–water partition coefficient (Wildman–Crippen LogP) is 1.14. The van der Waals surface area contributed by atoms with Crippen LogP contribution in [0.2, 0.25) is 0 Å². The summed E-state index contributed by atoms with van der Waals surface area (Å²) in [6.07, 6.45) is 0. The summed E-state index contributed by atoms with van der Waals surface area (Å²) in [7, 11) is 6.26. The summed E-state index contributed by atoms with van der Waals surface area (Å²) in [5, 5.41) is 0. The summed E-state index contributed by atoms with van der Waals surface area (Å²) >= 11 is 0. The maximum Gasteiger partial charge on any atom is 0.121 e. The third kappa shape index (κ3) is 3.21. The lowest BCUT2D eigenvalue weighted by molar-refractivity contribution is 0.272. The van der Waals surface area contributed by atoms with Crippen molar-refractivity contribution in [1.29, 1.82) is 0 Å². The molecule has 5 heteroatoms. The number of likely N-dealkylation sites (N-methyl/N-ethyl adjacent to an activating group) is 2. The standard InChI is InChI=1S/C13H21N5/c1-17(2)6-7-18(3)9-13-15-11-5-4-10(14)8-12(11)16-13/h4-5,8H,6-7,9,14H2,1-3H3,(H,15,16). The van der Waals surface area contributed by atoms with Crippen molar-refractivity contribution in [1.82, 2.24) is 19.8 Å². The van der Waals surface area contributed by atoms with Crippen LogP contribution in [0.1, 0.15) is 5.82 Å². The number of nitrogens with two attached hydrogens (primary N) is 1. The van der Waals surface area contributed by atoms with Crippen molar-refractivity contribution in [3.63, 3.8) is 0 Å². The molecule has 18 heavy (non-hydrogen) atoms. The van der Waals surface area contributed by atoms with Gasteiger partial charge in [-0.2, -0.15) is 0 Å². The molecule has 1 aromatic heterocycles. The van der Waals surface area contributed by atoms with Crippen molar-refractivity contribution in [3.05, 3.63) is 24.0 Å². The van der Waals surface area contributed by atoms with Crippen molar-refractivity contribution >= 4 is 16.7 Å². The fourth-order valence-electron chi connectivity index (χ4n) is 1.86. The third-order valence-corrected chi connectivity index (χ3v) is 2.90. The van der Waals surface area contributed by atoms with E-state index in [0.717, 1.165) is 42.2 Å². The minimum Gasteiger partial charge on any atom is -0.399 e. The number of fused-ring (bicyclic) bond motifs is 1. The molecule has 1 heterocycles. The van der Waals surface area contributed by atoms with Crippen LogP contribution in [0.3, 0.4) is 0 Å². The van der Waals surface area contributed by atoms with E-state index >= 15 is 0 Å². The summed E-state index contributed by atoms with van der Waals surface area (Å²) in [6.45, 7) is 2.89. The predicted molar refractivity (Wildman–Crippen MR) is 75.4 cm³/mol. The van der Waals surface area contributed by atoms with E-state index in [9.17, 15) is 0 Å². The van der Waals surface area contributed by atoms with Crippen LogP contribution in [-0.2, 0) is 6.54 Å². The molecule has 0 spiro atoms. The van der Waals surface area contributed by atoms with Crippen LogP contribution in [0.15, 0.2) is 18.2 Å². The minimum atomic E-state index is 0.763. The van der Waals surface area contributed by atoms with Crippen LogP contribution in [0.25, 0.3) is 11.0 Å². The smallest absolute Gasteiger partial charge is 0.121 e. The Balaban J connectivity index is 2.03. The van der Waals surface area contributed by atoms with E-state index in [2.05, 4.69) is 40.9 Å². The Morgan fingerprint density at radius 3 is 2.72 bits per heavy atom. The largest absolute Gasteiger partial charge is 0.399 e. The first-order valence-corrected chi connectivity index (χ1v) is 6.12. The normalized spacial score (nSPS) is 11.8. The quantitative estimate of drug-likeness (QED) is 0.778. The highest BCUT2D eigenvalue weighted by Crippen LogP contribution is 2.15. The molecule has 0 atom stereocenters. The Morgan fingerprint density at radius 1 is 1.22 bits per heavy atom. The number of nitrogens with zero attached hydrogens (tertiary/aromatic N) is 3. The van der Waals surface area contributed by atoms with Gasteiger partial charge >= 0.3 is 0 Å². The highest BCUT2D eigenvalue weighted by Gasteiger charge is 2.06. The van der Waals surface area contributed by atoms with Crippen LogP contribution in [0.4, 0.5) is 5.69 Å². The fourth-order valence-corrected chi connectivity index (χ4v) is 1.86. The zero-order chi connectivity index (χ0) is 13.1. The third-order valence-electron chi connectivity index (χ3n) is 2.90. The number of anilines is 1. The number of hydrogen-bond acceptors (Lipinski definition) is 4. The zero-order valence-corrected chi connectivity index (χ0v) is 11.3. The van der Waals surface area contributed by atoms with Gasteiger partial charge in [-0.05, 0) is 39.3 Å². The van der Waals surface area contributed by atoms with Gasteiger partial charge in [0.2, 0.25) is 0 Å². The van der Waals surface area contributed by atoms with Gasteiger partial charge < -0.3 is 15.6 Å². The molecule has 5 nitrogen and oxygen atoms in total. The number of aromatic amines is 1. The van der Waals surface area contributed by atoms with Gasteiger partial charge in [0.25, 0.3) is 0 Å². The van der Waals surface area contributed by atoms with Crippen molar-refractivity contribution in [2.75, 3.05) is 40.0 Å². The van der Waals surface area contributed by atoms with E-state index in [1.165, 1.54) is 0 Å². The number of H-pyrrole nitrogens is 1. The first kappa shape index (κ1) is 12.9. The topological polar surface area (TPSA) is 61.2 Å². The number of imidazole rings is 1. The van der Waals surface area contributed by atoms with Crippen LogP contribution in [0.5, 0.6) is 0 Å². The summed E-state index contributed by atoms with van der Waals surface area (Å²) in [5.41, 5.74) is 8.49. The maximum atomic E-state index is 5.75. The van der Waals surface area contributed by atoms with Crippen molar-refractivity contribution in [3.8, 4) is 0 Å². The van der Waals surface area contributed by atoms with Gasteiger partial charge in [-0.3, -0.25) is 4.90 Å². The Kier molecular flexibility index (Phi) is 3.84. The maximum absolute atomic E-state index is 5.75. The van der Waals surface area contributed by atoms with Gasteiger partial charge in [0.1, 0.15) is 5.82 Å². The molecule has 0 aliphatic heterocycles. The summed E-state index contributed by atoms with van der Waals surface area (Å²) in [5.74, 6) is 0.983. The van der Waals surface area contributed by atoms with Crippen LogP contribution >= 0.6 is 0 Å². The van der Waals surface area contributed by atoms with Crippen molar-refractivity contribution < 1.29 is 0 Å². The van der Waals surface area contributed by atoms with Crippen LogP contribution < -0.4 is 5.73 Å². The Labute approximate surface area is 108 Å². The summed E-state index contributed by atoms with van der Waals surface area (Å²) in [6, 6.07) is 5.75. The van der Waals surface area contributed by atoms with Gasteiger partial charge in [0.05, 0.1) is 17.6 Å². The molecule has 0 unspecified atom stereocenters. The number of aromatic nitrogens is 2. The average molecular weight is 247 g/mol. The lowest BCUT2D eigenvalue weighted by Gasteiger charge is -2.17. The second-order valence-electron chi connectivity index (χ2n) is 5.00. The monoisotopic (exact) mass is 247 g/mol. The minimum absolute atomic E-state index is 0.763. The highest BCUT2D eigenvalue weighted by atomic mass is 15.2. The second kappa shape index (κ2) is 5.37. The number of rotatable bonds is 5. The van der Waals surface area contributed by atoms with E-state index in [0.29, 0.717) is 0 Å². The molecule has 98 valence electrons. The average Bonchev–Trinajstić information content (AvgIpc) is 2.67. The van der Waals surface area contributed by atoms with E-state index in [1.54, 1.807) is 0 Å². The molecule has 0 aliphatic rings. The summed E-state index contributed by atoms with van der Waals surface area (Å²) in [4.78, 5) is 12.3. The molecule has 3 N–H and O–H groups in total. The van der Waals surface area contributed by atoms with Gasteiger partial charge in [0, 0.05) is 18.8 Å². The van der Waals surface area contributed by atoms with Crippen molar-refractivity contribution in [2.45, 2.75) is 6.54 Å². The lowest BCUT2D eigenvalue weighted by atomic mass is 10.3. The molecule has 2 rings (SSSR count). The molecule has 0 amide bonds. The van der Waals surface area contributed by atoms with E-state index in [-0.39, 0.29) is 0 Å². The van der Waals surface area contributed by atoms with E-state index in [1.807, 2.05) is 18.2 Å². The van der Waals surface area contributed by atoms with Gasteiger partial charge in [-0.1, -0.05) is 0 Å². The highest BCUT2D eigenvalue weighted by molar-refractivity contribution is 5.78. The molecule has 1 aromatic carbocycles. The fraction of sp³-hybridized carbons (Fsp3) is 0.462. The number of nitrogens with one attached hydrogen (secondary N) is 1. The van der Waals surface area contributed by atoms with Crippen molar-refractivity contribution in [2.24, 2.45) is 0 Å². The van der Waals surface area contributed by atoms with E-state index in [4.69, 9.17) is 5.73 Å². The van der Waals surface area contributed by atoms with Gasteiger partial charge in [-0.15, -0.1) is 0 Å². The number of benzene rings is 1. The number of nitrogen functional groups attached to an aromatic ring is 1. The Morgan fingerprint density at radius 2 is 2.00 bits per heavy atom. The Hall–Kier alpha value is -1.59. The molecule has 0 radical (unpaired) electrons. The van der Waals surface area contributed by atoms with Gasteiger partial charge in [-0.25, -0.2) is 4.98 Å². The lowest BCUT2D eigenvalue weighted by Crippen LogP contribution is -2.28. The van der Waals surface area contributed by atoms with Crippen LogP contribution in [-0.4, -0.2) is 54.0 Å². The molecular weight excluding hydrogens is 226 g/mol. The molecule has 2 aromatic rings. The molecule has 0 fully saturated rings. The van der Waals surface area contributed by atoms with Crippen LogP contribution in [0, 0.1) is 0 Å². The molecule has 0 saturated heterocycles. The number of hydrogen-bond donors (Lipinski definition) is 2. The van der Waals surface area contributed by atoms with E-state index < -0.39 is 0 Å². The molecule has 0 aliphatic carbocycles. The zero-order valence-electron chi connectivity index (χ0n) is 11.3.